The Kier molecular flexibility index (Phi) is 3.58. The van der Waals surface area contributed by atoms with Crippen LogP contribution in [0.2, 0.25) is 0 Å². The van der Waals surface area contributed by atoms with Crippen molar-refractivity contribution in [2.75, 3.05) is 0 Å². The summed E-state index contributed by atoms with van der Waals surface area (Å²) < 4.78 is 13.1. The predicted molar refractivity (Wildman–Crippen MR) is 64.4 cm³/mol. The van der Waals surface area contributed by atoms with Crippen LogP contribution in [0.1, 0.15) is 16.7 Å². The van der Waals surface area contributed by atoms with Crippen LogP contribution in [0.5, 0.6) is 0 Å². The minimum absolute atomic E-state index is 0.388. The van der Waals surface area contributed by atoms with Crippen molar-refractivity contribution in [2.45, 2.75) is 17.4 Å². The van der Waals surface area contributed by atoms with Crippen molar-refractivity contribution in [3.05, 3.63) is 46.2 Å². The predicted octanol–water partition coefficient (Wildman–Crippen LogP) is 2.85. The third-order valence-electron chi connectivity index (χ3n) is 2.14. The molecule has 0 amide bonds. The molecule has 1 N–H and O–H groups in total. The van der Waals surface area contributed by atoms with Crippen molar-refractivity contribution in [1.82, 2.24) is 4.98 Å². The Morgan fingerprint density at radius 2 is 2.25 bits per heavy atom. The maximum absolute atomic E-state index is 13.1. The molecule has 16 heavy (non-hydrogen) atoms. The molecule has 1 heterocycles. The van der Waals surface area contributed by atoms with Crippen LogP contribution in [0.15, 0.2) is 34.7 Å². The van der Waals surface area contributed by atoms with Gasteiger partial charge in [-0.1, -0.05) is 0 Å². The van der Waals surface area contributed by atoms with Crippen LogP contribution < -0.4 is 0 Å². The molecule has 0 aliphatic heterocycles. The number of aliphatic hydroxyl groups excluding tert-OH is 1. The van der Waals surface area contributed by atoms with Gasteiger partial charge in [0.2, 0.25) is 0 Å². The van der Waals surface area contributed by atoms with Gasteiger partial charge in [-0.3, -0.25) is 0 Å². The number of thiazole rings is 1. The lowest BCUT2D eigenvalue weighted by atomic mass is 10.1. The summed E-state index contributed by atoms with van der Waals surface area (Å²) in [7, 11) is 0. The molecule has 1 unspecified atom stereocenters. The summed E-state index contributed by atoms with van der Waals surface area (Å²) in [5.41, 5.74) is 0.528. The van der Waals surface area contributed by atoms with Crippen molar-refractivity contribution < 1.29 is 9.50 Å². The van der Waals surface area contributed by atoms with Crippen LogP contribution in [0.3, 0.4) is 0 Å². The summed E-state index contributed by atoms with van der Waals surface area (Å²) in [4.78, 5) is 4.58. The van der Waals surface area contributed by atoms with Crippen LogP contribution in [-0.2, 0) is 6.42 Å². The summed E-state index contributed by atoms with van der Waals surface area (Å²) >= 11 is 5.54. The number of halogens is 1. The number of thiol groups is 1. The summed E-state index contributed by atoms with van der Waals surface area (Å²) in [5, 5.41) is 12.6. The first kappa shape index (κ1) is 11.6. The Labute approximate surface area is 102 Å². The molecule has 0 bridgehead atoms. The molecular formula is C11H10FNOS2. The molecule has 5 heteroatoms. The maximum Gasteiger partial charge on any atom is 0.124 e. The summed E-state index contributed by atoms with van der Waals surface area (Å²) in [6.07, 6.45) is 1.34. The van der Waals surface area contributed by atoms with Gasteiger partial charge in [-0.2, -0.15) is 0 Å². The summed E-state index contributed by atoms with van der Waals surface area (Å²) in [6.45, 7) is 0. The Bertz CT molecular complexity index is 453. The van der Waals surface area contributed by atoms with Gasteiger partial charge in [0.1, 0.15) is 5.82 Å². The molecule has 2 nitrogen and oxygen atoms in total. The molecule has 84 valence electrons. The quantitative estimate of drug-likeness (QED) is 0.827. The lowest BCUT2D eigenvalue weighted by molar-refractivity contribution is 0.177. The van der Waals surface area contributed by atoms with E-state index in [1.165, 1.54) is 23.5 Å². The number of nitrogens with zero attached hydrogens (tertiary/aromatic N) is 1. The second-order valence-electron chi connectivity index (χ2n) is 3.39. The maximum atomic E-state index is 13.1. The van der Waals surface area contributed by atoms with Crippen molar-refractivity contribution >= 4 is 24.0 Å². The molecule has 2 aromatic rings. The molecule has 0 radical (unpaired) electrons. The number of hydrogen-bond donors (Lipinski definition) is 2. The first-order chi connectivity index (χ1) is 7.65. The Morgan fingerprint density at radius 3 is 2.88 bits per heavy atom. The topological polar surface area (TPSA) is 33.1 Å². The molecule has 0 spiro atoms. The van der Waals surface area contributed by atoms with E-state index in [0.29, 0.717) is 16.9 Å². The molecule has 0 saturated heterocycles. The molecule has 1 aromatic heterocycles. The Morgan fingerprint density at radius 1 is 1.44 bits per heavy atom. The van der Waals surface area contributed by atoms with E-state index in [1.807, 2.05) is 5.38 Å². The molecule has 1 aromatic carbocycles. The number of hydrogen-bond acceptors (Lipinski definition) is 4. The van der Waals surface area contributed by atoms with Crippen molar-refractivity contribution in [2.24, 2.45) is 0 Å². The van der Waals surface area contributed by atoms with E-state index < -0.39 is 6.10 Å². The highest BCUT2D eigenvalue weighted by atomic mass is 32.1. The average molecular weight is 255 g/mol. The molecule has 0 saturated carbocycles. The molecule has 1 atom stereocenters. The van der Waals surface area contributed by atoms with E-state index >= 15 is 0 Å². The molecular weight excluding hydrogens is 245 g/mol. The third kappa shape index (κ3) is 2.81. The zero-order chi connectivity index (χ0) is 11.5. The third-order valence-corrected chi connectivity index (χ3v) is 3.20. The fraction of sp³-hybridized carbons (Fsp3) is 0.182. The molecule has 0 fully saturated rings. The van der Waals surface area contributed by atoms with Gasteiger partial charge in [0.05, 0.1) is 11.1 Å². The number of rotatable bonds is 3. The van der Waals surface area contributed by atoms with Crippen molar-refractivity contribution in [3.8, 4) is 0 Å². The van der Waals surface area contributed by atoms with Gasteiger partial charge >= 0.3 is 0 Å². The van der Waals surface area contributed by atoms with E-state index in [9.17, 15) is 9.50 Å². The van der Waals surface area contributed by atoms with E-state index in [0.717, 1.165) is 5.01 Å². The SMILES string of the molecule is OC(Cc1nccs1)c1cc(F)cc(S)c1. The zero-order valence-corrected chi connectivity index (χ0v) is 10.0. The fourth-order valence-electron chi connectivity index (χ4n) is 1.43. The van der Waals surface area contributed by atoms with Crippen molar-refractivity contribution in [3.63, 3.8) is 0 Å². The van der Waals surface area contributed by atoms with Crippen LogP contribution in [0.4, 0.5) is 4.39 Å². The number of benzene rings is 1. The first-order valence-corrected chi connectivity index (χ1v) is 6.04. The number of aliphatic hydroxyl groups is 1. The summed E-state index contributed by atoms with van der Waals surface area (Å²) in [5.74, 6) is -0.388. The largest absolute Gasteiger partial charge is 0.388 e. The average Bonchev–Trinajstić information content (AvgIpc) is 2.68. The van der Waals surface area contributed by atoms with Gasteiger partial charge in [0, 0.05) is 22.9 Å². The normalized spacial score (nSPS) is 12.7. The molecule has 0 aliphatic carbocycles. The van der Waals surface area contributed by atoms with E-state index in [-0.39, 0.29) is 5.82 Å². The molecule has 2 rings (SSSR count). The number of aromatic nitrogens is 1. The van der Waals surface area contributed by atoms with E-state index in [4.69, 9.17) is 0 Å². The van der Waals surface area contributed by atoms with Gasteiger partial charge in [-0.25, -0.2) is 9.37 Å². The highest BCUT2D eigenvalue weighted by Gasteiger charge is 2.11. The van der Waals surface area contributed by atoms with Crippen LogP contribution >= 0.6 is 24.0 Å². The standard InChI is InChI=1S/C11H10FNOS2/c12-8-3-7(4-9(15)5-8)10(14)6-11-13-1-2-16-11/h1-5,10,14-15H,6H2. The van der Waals surface area contributed by atoms with Crippen LogP contribution in [0.25, 0.3) is 0 Å². The minimum Gasteiger partial charge on any atom is -0.388 e. The summed E-state index contributed by atoms with van der Waals surface area (Å²) in [6, 6.07) is 4.28. The minimum atomic E-state index is -0.743. The zero-order valence-electron chi connectivity index (χ0n) is 8.30. The highest BCUT2D eigenvalue weighted by Crippen LogP contribution is 2.22. The van der Waals surface area contributed by atoms with Crippen LogP contribution in [-0.4, -0.2) is 10.1 Å². The van der Waals surface area contributed by atoms with Crippen LogP contribution in [0, 0.1) is 5.82 Å². The van der Waals surface area contributed by atoms with Gasteiger partial charge in [-0.05, 0) is 23.8 Å². The molecule has 0 aliphatic rings. The monoisotopic (exact) mass is 255 g/mol. The fourth-order valence-corrected chi connectivity index (χ4v) is 2.35. The first-order valence-electron chi connectivity index (χ1n) is 4.71. The lowest BCUT2D eigenvalue weighted by Crippen LogP contribution is -2.02. The second-order valence-corrected chi connectivity index (χ2v) is 4.88. The van der Waals surface area contributed by atoms with E-state index in [2.05, 4.69) is 17.6 Å². The lowest BCUT2D eigenvalue weighted by Gasteiger charge is -2.10. The Balaban J connectivity index is 2.17. The van der Waals surface area contributed by atoms with Gasteiger partial charge < -0.3 is 5.11 Å². The Hall–Kier alpha value is -0.910. The smallest absolute Gasteiger partial charge is 0.124 e. The van der Waals surface area contributed by atoms with Crippen molar-refractivity contribution in [1.29, 1.82) is 0 Å². The van der Waals surface area contributed by atoms with Gasteiger partial charge in [0.25, 0.3) is 0 Å². The highest BCUT2D eigenvalue weighted by molar-refractivity contribution is 7.80. The second kappa shape index (κ2) is 4.95. The van der Waals surface area contributed by atoms with Gasteiger partial charge in [0.15, 0.2) is 0 Å². The van der Waals surface area contributed by atoms with E-state index in [1.54, 1.807) is 12.3 Å². The van der Waals surface area contributed by atoms with Gasteiger partial charge in [-0.15, -0.1) is 24.0 Å².